The molecule has 0 fully saturated rings. The van der Waals surface area contributed by atoms with Crippen LogP contribution in [0, 0.1) is 0 Å². The third-order valence-corrected chi connectivity index (χ3v) is 3.73. The van der Waals surface area contributed by atoms with Gasteiger partial charge < -0.3 is 19.5 Å². The number of rotatable bonds is 5. The number of ether oxygens (including phenoxy) is 3. The van der Waals surface area contributed by atoms with Crippen molar-refractivity contribution in [3.8, 4) is 17.2 Å². The SMILES string of the molecule is COc1cc(NC(=O)[C@@H]2CC(=O)Nc3ncnn32)cc(OC)c1OC. The van der Waals surface area contributed by atoms with Crippen LogP contribution in [0.25, 0.3) is 0 Å². The van der Waals surface area contributed by atoms with Crippen molar-refractivity contribution in [2.75, 3.05) is 32.0 Å². The van der Waals surface area contributed by atoms with Gasteiger partial charge in [-0.15, -0.1) is 0 Å². The van der Waals surface area contributed by atoms with Crippen LogP contribution in [0.15, 0.2) is 18.5 Å². The zero-order valence-electron chi connectivity index (χ0n) is 13.9. The average molecular weight is 347 g/mol. The molecule has 1 aromatic heterocycles. The third-order valence-electron chi connectivity index (χ3n) is 3.73. The van der Waals surface area contributed by atoms with E-state index in [0.29, 0.717) is 22.9 Å². The summed E-state index contributed by atoms with van der Waals surface area (Å²) < 4.78 is 17.1. The molecule has 1 aliphatic rings. The highest BCUT2D eigenvalue weighted by Gasteiger charge is 2.32. The van der Waals surface area contributed by atoms with E-state index in [1.807, 2.05) is 0 Å². The summed E-state index contributed by atoms with van der Waals surface area (Å²) >= 11 is 0. The van der Waals surface area contributed by atoms with E-state index in [4.69, 9.17) is 14.2 Å². The van der Waals surface area contributed by atoms with Gasteiger partial charge >= 0.3 is 0 Å². The topological polar surface area (TPSA) is 117 Å². The highest BCUT2D eigenvalue weighted by Crippen LogP contribution is 2.40. The number of carbonyl (C=O) groups is 2. The van der Waals surface area contributed by atoms with Crippen molar-refractivity contribution in [2.24, 2.45) is 0 Å². The first-order chi connectivity index (χ1) is 12.1. The van der Waals surface area contributed by atoms with Crippen LogP contribution < -0.4 is 24.8 Å². The van der Waals surface area contributed by atoms with Gasteiger partial charge in [0, 0.05) is 17.8 Å². The quantitative estimate of drug-likeness (QED) is 0.822. The van der Waals surface area contributed by atoms with Gasteiger partial charge in [0.2, 0.25) is 23.5 Å². The van der Waals surface area contributed by atoms with Crippen LogP contribution in [0.4, 0.5) is 11.6 Å². The molecule has 1 atom stereocenters. The standard InChI is InChI=1S/C15H17N5O5/c1-23-10-4-8(5-11(24-2)13(10)25-3)18-14(22)9-6-12(21)19-15-16-7-17-20(9)15/h4-5,7,9H,6H2,1-3H3,(H,18,22)(H,16,17,19,21)/t9-/m0/s1. The predicted octanol–water partition coefficient (Wildman–Crippen LogP) is 0.826. The highest BCUT2D eigenvalue weighted by molar-refractivity contribution is 6.01. The van der Waals surface area contributed by atoms with Gasteiger partial charge in [-0.3, -0.25) is 14.9 Å². The Morgan fingerprint density at radius 1 is 1.24 bits per heavy atom. The molecule has 2 N–H and O–H groups in total. The molecule has 2 amide bonds. The minimum Gasteiger partial charge on any atom is -0.493 e. The average Bonchev–Trinajstić information content (AvgIpc) is 3.08. The Morgan fingerprint density at radius 2 is 1.92 bits per heavy atom. The number of nitrogens with one attached hydrogen (secondary N) is 2. The van der Waals surface area contributed by atoms with Crippen LogP contribution in [0.2, 0.25) is 0 Å². The summed E-state index contributed by atoms with van der Waals surface area (Å²) in [6.07, 6.45) is 1.24. The lowest BCUT2D eigenvalue weighted by Gasteiger charge is -2.23. The Labute approximate surface area is 143 Å². The first kappa shape index (κ1) is 16.6. The van der Waals surface area contributed by atoms with Gasteiger partial charge in [-0.1, -0.05) is 0 Å². The zero-order chi connectivity index (χ0) is 18.0. The van der Waals surface area contributed by atoms with Crippen LogP contribution in [0.5, 0.6) is 17.2 Å². The molecule has 2 heterocycles. The number of hydrogen-bond acceptors (Lipinski definition) is 7. The minimum absolute atomic E-state index is 0.0351. The molecular weight excluding hydrogens is 330 g/mol. The number of nitrogens with zero attached hydrogens (tertiary/aromatic N) is 3. The summed E-state index contributed by atoms with van der Waals surface area (Å²) in [5.74, 6) is 0.751. The Kier molecular flexibility index (Phi) is 4.42. The molecule has 10 heteroatoms. The molecule has 25 heavy (non-hydrogen) atoms. The van der Waals surface area contributed by atoms with Gasteiger partial charge in [0.1, 0.15) is 12.4 Å². The summed E-state index contributed by atoms with van der Waals surface area (Å²) in [4.78, 5) is 28.3. The molecule has 1 aliphatic heterocycles. The first-order valence-electron chi connectivity index (χ1n) is 7.37. The largest absolute Gasteiger partial charge is 0.493 e. The lowest BCUT2D eigenvalue weighted by molar-refractivity contribution is -0.125. The van der Waals surface area contributed by atoms with E-state index in [-0.39, 0.29) is 18.3 Å². The summed E-state index contributed by atoms with van der Waals surface area (Å²) in [5, 5.41) is 9.29. The maximum absolute atomic E-state index is 12.6. The van der Waals surface area contributed by atoms with Gasteiger partial charge in [-0.25, -0.2) is 4.68 Å². The smallest absolute Gasteiger partial charge is 0.249 e. The van der Waals surface area contributed by atoms with E-state index in [9.17, 15) is 9.59 Å². The Hall–Kier alpha value is -3.30. The van der Waals surface area contributed by atoms with E-state index in [0.717, 1.165) is 0 Å². The van der Waals surface area contributed by atoms with Crippen LogP contribution in [0.1, 0.15) is 12.5 Å². The van der Waals surface area contributed by atoms with Gasteiger partial charge in [0.15, 0.2) is 11.5 Å². The lowest BCUT2D eigenvalue weighted by atomic mass is 10.1. The van der Waals surface area contributed by atoms with Crippen molar-refractivity contribution in [3.05, 3.63) is 18.5 Å². The Balaban J connectivity index is 1.88. The molecule has 0 saturated heterocycles. The van der Waals surface area contributed by atoms with Crippen LogP contribution in [0.3, 0.4) is 0 Å². The molecule has 0 aliphatic carbocycles. The van der Waals surface area contributed by atoms with Crippen molar-refractivity contribution >= 4 is 23.5 Å². The van der Waals surface area contributed by atoms with E-state index >= 15 is 0 Å². The van der Waals surface area contributed by atoms with Gasteiger partial charge in [-0.05, 0) is 0 Å². The van der Waals surface area contributed by atoms with Crippen molar-refractivity contribution in [2.45, 2.75) is 12.5 Å². The van der Waals surface area contributed by atoms with Gasteiger partial charge in [0.25, 0.3) is 0 Å². The number of methoxy groups -OCH3 is 3. The van der Waals surface area contributed by atoms with Gasteiger partial charge in [0.05, 0.1) is 27.8 Å². The molecule has 132 valence electrons. The normalized spacial score (nSPS) is 15.8. The molecule has 10 nitrogen and oxygen atoms in total. The fourth-order valence-electron chi connectivity index (χ4n) is 2.59. The third kappa shape index (κ3) is 3.05. The van der Waals surface area contributed by atoms with Crippen molar-refractivity contribution in [1.29, 1.82) is 0 Å². The number of aromatic nitrogens is 3. The number of hydrogen-bond donors (Lipinski definition) is 2. The van der Waals surface area contributed by atoms with Crippen LogP contribution in [-0.2, 0) is 9.59 Å². The second-order valence-corrected chi connectivity index (χ2v) is 5.20. The second-order valence-electron chi connectivity index (χ2n) is 5.20. The predicted molar refractivity (Wildman–Crippen MR) is 87.0 cm³/mol. The fourth-order valence-corrected chi connectivity index (χ4v) is 2.59. The highest BCUT2D eigenvalue weighted by atomic mass is 16.5. The summed E-state index contributed by atoms with van der Waals surface area (Å²) in [6, 6.07) is 2.40. The van der Waals surface area contributed by atoms with Crippen molar-refractivity contribution in [3.63, 3.8) is 0 Å². The molecule has 1 aromatic carbocycles. The van der Waals surface area contributed by atoms with Crippen molar-refractivity contribution < 1.29 is 23.8 Å². The van der Waals surface area contributed by atoms with E-state index in [1.54, 1.807) is 12.1 Å². The molecule has 0 bridgehead atoms. The number of anilines is 2. The van der Waals surface area contributed by atoms with Gasteiger partial charge in [-0.2, -0.15) is 10.1 Å². The maximum Gasteiger partial charge on any atom is 0.249 e. The number of amides is 2. The fraction of sp³-hybridized carbons (Fsp3) is 0.333. The maximum atomic E-state index is 12.6. The molecule has 0 saturated carbocycles. The van der Waals surface area contributed by atoms with E-state index in [2.05, 4.69) is 20.7 Å². The lowest BCUT2D eigenvalue weighted by Crippen LogP contribution is -2.36. The Morgan fingerprint density at radius 3 is 2.52 bits per heavy atom. The molecule has 0 spiro atoms. The molecule has 0 radical (unpaired) electrons. The summed E-state index contributed by atoms with van der Waals surface area (Å²) in [5.41, 5.74) is 0.437. The van der Waals surface area contributed by atoms with E-state index in [1.165, 1.54) is 32.3 Å². The zero-order valence-corrected chi connectivity index (χ0v) is 13.9. The molecule has 2 aromatic rings. The first-order valence-corrected chi connectivity index (χ1v) is 7.37. The summed E-state index contributed by atoms with van der Waals surface area (Å²) in [6.45, 7) is 0. The number of fused-ring (bicyclic) bond motifs is 1. The molecule has 3 rings (SSSR count). The summed E-state index contributed by atoms with van der Waals surface area (Å²) in [7, 11) is 4.46. The number of benzene rings is 1. The molecule has 0 unspecified atom stereocenters. The second kappa shape index (κ2) is 6.67. The molecular formula is C15H17N5O5. The van der Waals surface area contributed by atoms with E-state index < -0.39 is 11.9 Å². The minimum atomic E-state index is -0.801. The Bertz CT molecular complexity index is 793. The number of carbonyl (C=O) groups excluding carboxylic acids is 2. The van der Waals surface area contributed by atoms with Crippen LogP contribution in [-0.4, -0.2) is 47.9 Å². The van der Waals surface area contributed by atoms with Crippen LogP contribution >= 0.6 is 0 Å². The monoisotopic (exact) mass is 347 g/mol. The van der Waals surface area contributed by atoms with Crippen molar-refractivity contribution in [1.82, 2.24) is 14.8 Å².